The Labute approximate surface area is 132 Å². The predicted octanol–water partition coefficient (Wildman–Crippen LogP) is 2.85. The van der Waals surface area contributed by atoms with Gasteiger partial charge in [-0.15, -0.1) is 0 Å². The van der Waals surface area contributed by atoms with E-state index in [2.05, 4.69) is 10.3 Å². The summed E-state index contributed by atoms with van der Waals surface area (Å²) < 4.78 is 12.6. The number of hydrogen-bond acceptors (Lipinski definition) is 4. The van der Waals surface area contributed by atoms with Crippen LogP contribution in [-0.4, -0.2) is 22.3 Å². The van der Waals surface area contributed by atoms with E-state index in [1.165, 1.54) is 0 Å². The number of aromatic nitrogens is 2. The lowest BCUT2D eigenvalue weighted by atomic mass is 10.2. The first kappa shape index (κ1) is 13.4. The van der Waals surface area contributed by atoms with E-state index < -0.39 is 0 Å². The van der Waals surface area contributed by atoms with Crippen LogP contribution in [0.1, 0.15) is 10.5 Å². The van der Waals surface area contributed by atoms with Gasteiger partial charge in [-0.2, -0.15) is 0 Å². The van der Waals surface area contributed by atoms with Gasteiger partial charge < -0.3 is 19.4 Å². The number of para-hydroxylation sites is 1. The van der Waals surface area contributed by atoms with E-state index in [1.807, 2.05) is 35.2 Å². The molecule has 6 heteroatoms. The van der Waals surface area contributed by atoms with Crippen LogP contribution in [0.5, 0.6) is 11.5 Å². The Bertz CT molecular complexity index is 859. The fourth-order valence-electron chi connectivity index (χ4n) is 2.43. The fourth-order valence-corrected chi connectivity index (χ4v) is 2.43. The van der Waals surface area contributed by atoms with Gasteiger partial charge in [0.25, 0.3) is 5.91 Å². The topological polar surface area (TPSA) is 65.4 Å². The van der Waals surface area contributed by atoms with E-state index in [4.69, 9.17) is 9.47 Å². The molecule has 1 N–H and O–H groups in total. The van der Waals surface area contributed by atoms with E-state index in [-0.39, 0.29) is 12.7 Å². The van der Waals surface area contributed by atoms with Crippen LogP contribution in [-0.2, 0) is 0 Å². The number of amides is 1. The summed E-state index contributed by atoms with van der Waals surface area (Å²) >= 11 is 0. The monoisotopic (exact) mass is 307 g/mol. The van der Waals surface area contributed by atoms with Crippen molar-refractivity contribution in [3.05, 3.63) is 66.7 Å². The number of fused-ring (bicyclic) bond motifs is 1. The summed E-state index contributed by atoms with van der Waals surface area (Å²) in [6.07, 6.45) is 5.43. The fraction of sp³-hybridized carbons (Fsp3) is 0.0588. The summed E-state index contributed by atoms with van der Waals surface area (Å²) in [6.45, 7) is 0.156. The lowest BCUT2D eigenvalue weighted by Crippen LogP contribution is -2.14. The molecule has 6 nitrogen and oxygen atoms in total. The van der Waals surface area contributed by atoms with Gasteiger partial charge in [-0.3, -0.25) is 9.78 Å². The number of ether oxygens (including phenoxy) is 2. The van der Waals surface area contributed by atoms with Crippen LogP contribution in [0.3, 0.4) is 0 Å². The van der Waals surface area contributed by atoms with Crippen LogP contribution in [0.15, 0.2) is 61.1 Å². The molecule has 0 saturated heterocycles. The number of nitrogens with one attached hydrogen (secondary N) is 1. The lowest BCUT2D eigenvalue weighted by molar-refractivity contribution is 0.102. The largest absolute Gasteiger partial charge is 0.454 e. The number of anilines is 1. The zero-order valence-electron chi connectivity index (χ0n) is 12.1. The summed E-state index contributed by atoms with van der Waals surface area (Å²) in [6, 6.07) is 12.8. The molecule has 3 heterocycles. The second kappa shape index (κ2) is 5.49. The van der Waals surface area contributed by atoms with E-state index >= 15 is 0 Å². The highest BCUT2D eigenvalue weighted by atomic mass is 16.7. The third-order valence-electron chi connectivity index (χ3n) is 3.52. The first-order valence-electron chi connectivity index (χ1n) is 7.10. The van der Waals surface area contributed by atoms with Gasteiger partial charge in [0, 0.05) is 24.3 Å². The average molecular weight is 307 g/mol. The average Bonchev–Trinajstić information content (AvgIpc) is 3.27. The molecule has 0 bridgehead atoms. The molecule has 1 aliphatic heterocycles. The molecule has 114 valence electrons. The predicted molar refractivity (Wildman–Crippen MR) is 84.1 cm³/mol. The van der Waals surface area contributed by atoms with Gasteiger partial charge in [0.05, 0.1) is 5.69 Å². The molecule has 23 heavy (non-hydrogen) atoms. The van der Waals surface area contributed by atoms with Crippen LogP contribution in [0.25, 0.3) is 5.69 Å². The van der Waals surface area contributed by atoms with E-state index in [0.29, 0.717) is 22.9 Å². The highest BCUT2D eigenvalue weighted by molar-refractivity contribution is 6.04. The van der Waals surface area contributed by atoms with Crippen LogP contribution in [0.2, 0.25) is 0 Å². The minimum absolute atomic E-state index is 0.156. The molecule has 0 aliphatic carbocycles. The molecule has 0 atom stereocenters. The van der Waals surface area contributed by atoms with Gasteiger partial charge in [0.1, 0.15) is 5.69 Å². The Balaban J connectivity index is 1.61. The zero-order valence-corrected chi connectivity index (χ0v) is 12.1. The van der Waals surface area contributed by atoms with Crippen LogP contribution < -0.4 is 14.8 Å². The molecule has 3 aromatic rings. The molecule has 0 spiro atoms. The molecule has 0 saturated carbocycles. The van der Waals surface area contributed by atoms with Gasteiger partial charge >= 0.3 is 0 Å². The quantitative estimate of drug-likeness (QED) is 0.808. The first-order chi connectivity index (χ1) is 11.3. The van der Waals surface area contributed by atoms with Crippen LogP contribution >= 0.6 is 0 Å². The Kier molecular flexibility index (Phi) is 3.20. The van der Waals surface area contributed by atoms with E-state index in [0.717, 1.165) is 5.69 Å². The summed E-state index contributed by atoms with van der Waals surface area (Å²) in [5.74, 6) is 0.863. The van der Waals surface area contributed by atoms with Crippen molar-refractivity contribution in [3.63, 3.8) is 0 Å². The molecule has 0 fully saturated rings. The standard InChI is InChI=1S/C17H13N3O3/c21-17(19-13-4-3-5-15-16(13)23-11-22-15)14-10-12(6-7-18-14)20-8-1-2-9-20/h1-10H,11H2,(H,19,21). The van der Waals surface area contributed by atoms with Crippen molar-refractivity contribution in [1.82, 2.24) is 9.55 Å². The summed E-state index contributed by atoms with van der Waals surface area (Å²) in [7, 11) is 0. The van der Waals surface area contributed by atoms with Crippen molar-refractivity contribution in [3.8, 4) is 17.2 Å². The molecule has 1 aromatic carbocycles. The van der Waals surface area contributed by atoms with Gasteiger partial charge in [0.15, 0.2) is 11.5 Å². The second-order valence-electron chi connectivity index (χ2n) is 4.98. The van der Waals surface area contributed by atoms with Crippen LogP contribution in [0.4, 0.5) is 5.69 Å². The van der Waals surface area contributed by atoms with Crippen LogP contribution in [0, 0.1) is 0 Å². The highest BCUT2D eigenvalue weighted by Crippen LogP contribution is 2.38. The SMILES string of the molecule is O=C(Nc1cccc2c1OCO2)c1cc(-n2cccc2)ccn1. The zero-order chi connectivity index (χ0) is 15.6. The van der Waals surface area contributed by atoms with Crippen molar-refractivity contribution in [2.75, 3.05) is 12.1 Å². The van der Waals surface area contributed by atoms with Gasteiger partial charge in [-0.25, -0.2) is 0 Å². The number of benzene rings is 1. The van der Waals surface area contributed by atoms with Crippen molar-refractivity contribution in [2.24, 2.45) is 0 Å². The number of rotatable bonds is 3. The maximum atomic E-state index is 12.5. The van der Waals surface area contributed by atoms with Gasteiger partial charge in [-0.1, -0.05) is 6.07 Å². The first-order valence-corrected chi connectivity index (χ1v) is 7.10. The molecule has 4 rings (SSSR count). The third-order valence-corrected chi connectivity index (χ3v) is 3.52. The Hall–Kier alpha value is -3.28. The molecule has 2 aromatic heterocycles. The van der Waals surface area contributed by atoms with Crippen molar-refractivity contribution < 1.29 is 14.3 Å². The molecular formula is C17H13N3O3. The Morgan fingerprint density at radius 1 is 1.13 bits per heavy atom. The second-order valence-corrected chi connectivity index (χ2v) is 4.98. The molecule has 0 unspecified atom stereocenters. The molecule has 1 amide bonds. The minimum atomic E-state index is -0.303. The maximum Gasteiger partial charge on any atom is 0.274 e. The van der Waals surface area contributed by atoms with Crippen molar-refractivity contribution in [2.45, 2.75) is 0 Å². The van der Waals surface area contributed by atoms with Crippen molar-refractivity contribution >= 4 is 11.6 Å². The van der Waals surface area contributed by atoms with E-state index in [9.17, 15) is 4.79 Å². The number of carbonyl (C=O) groups is 1. The smallest absolute Gasteiger partial charge is 0.274 e. The van der Waals surface area contributed by atoms with Gasteiger partial charge in [-0.05, 0) is 36.4 Å². The maximum absolute atomic E-state index is 12.5. The molecule has 1 aliphatic rings. The summed E-state index contributed by atoms with van der Waals surface area (Å²) in [4.78, 5) is 16.6. The highest BCUT2D eigenvalue weighted by Gasteiger charge is 2.19. The summed E-state index contributed by atoms with van der Waals surface area (Å²) in [5, 5.41) is 2.82. The Morgan fingerprint density at radius 2 is 2.00 bits per heavy atom. The number of hydrogen-bond donors (Lipinski definition) is 1. The third kappa shape index (κ3) is 2.50. The lowest BCUT2D eigenvalue weighted by Gasteiger charge is -2.09. The molecule has 0 radical (unpaired) electrons. The normalized spacial score (nSPS) is 12.2. The number of nitrogens with zero attached hydrogens (tertiary/aromatic N) is 2. The minimum Gasteiger partial charge on any atom is -0.454 e. The molecular weight excluding hydrogens is 294 g/mol. The van der Waals surface area contributed by atoms with Crippen molar-refractivity contribution in [1.29, 1.82) is 0 Å². The number of pyridine rings is 1. The van der Waals surface area contributed by atoms with Gasteiger partial charge in [0.2, 0.25) is 6.79 Å². The Morgan fingerprint density at radius 3 is 2.87 bits per heavy atom. The summed E-state index contributed by atoms with van der Waals surface area (Å²) in [5.41, 5.74) is 1.76. The van der Waals surface area contributed by atoms with E-state index in [1.54, 1.807) is 30.5 Å². The number of carbonyl (C=O) groups excluding carboxylic acids is 1.